The Kier molecular flexibility index (Phi) is 1.45. The largest absolute Gasteiger partial charge is 0.369 e. The lowest BCUT2D eigenvalue weighted by molar-refractivity contribution is -0.149. The fraction of sp³-hybridized carbons (Fsp3) is 0.750. The Bertz CT molecular complexity index is 100. The lowest BCUT2D eigenvalue weighted by Crippen LogP contribution is -2.20. The van der Waals surface area contributed by atoms with E-state index in [0.717, 1.165) is 6.54 Å². The van der Waals surface area contributed by atoms with Crippen molar-refractivity contribution in [1.82, 2.24) is 10.8 Å². The van der Waals surface area contributed by atoms with E-state index in [-0.39, 0.29) is 12.0 Å². The highest BCUT2D eigenvalue weighted by atomic mass is 16.7. The predicted octanol–water partition coefficient (Wildman–Crippen LogP) is -1.36. The van der Waals surface area contributed by atoms with Gasteiger partial charge in [-0.25, -0.2) is 4.79 Å². The number of rotatable bonds is 2. The molecular formula is C4H8N2O2. The second kappa shape index (κ2) is 2.11. The average Bonchev–Trinajstić information content (AvgIpc) is 2.45. The summed E-state index contributed by atoms with van der Waals surface area (Å²) in [5, 5.41) is 2.80. The SMILES string of the molecule is CNOC(=O)C1CN1. The zero-order chi connectivity index (χ0) is 5.98. The summed E-state index contributed by atoms with van der Waals surface area (Å²) in [7, 11) is 1.56. The van der Waals surface area contributed by atoms with Gasteiger partial charge in [0.25, 0.3) is 0 Å². The van der Waals surface area contributed by atoms with Crippen LogP contribution in [0.5, 0.6) is 0 Å². The van der Waals surface area contributed by atoms with Gasteiger partial charge in [-0.3, -0.25) is 0 Å². The molecule has 1 rings (SSSR count). The van der Waals surface area contributed by atoms with Crippen LogP contribution >= 0.6 is 0 Å². The number of hydrogen-bond donors (Lipinski definition) is 2. The van der Waals surface area contributed by atoms with Gasteiger partial charge in [0.2, 0.25) is 0 Å². The van der Waals surface area contributed by atoms with E-state index >= 15 is 0 Å². The Hall–Kier alpha value is -0.610. The fourth-order valence-electron chi connectivity index (χ4n) is 0.397. The number of nitrogens with one attached hydrogen (secondary N) is 2. The maximum Gasteiger partial charge on any atom is 0.343 e. The van der Waals surface area contributed by atoms with Crippen molar-refractivity contribution in [2.45, 2.75) is 6.04 Å². The summed E-state index contributed by atoms with van der Waals surface area (Å²) in [5.74, 6) is -0.229. The van der Waals surface area contributed by atoms with Gasteiger partial charge >= 0.3 is 5.97 Å². The minimum absolute atomic E-state index is 0.0533. The molecule has 1 aliphatic rings. The number of hydroxylamine groups is 1. The molecule has 1 saturated heterocycles. The first-order valence-electron chi connectivity index (χ1n) is 2.45. The van der Waals surface area contributed by atoms with Crippen molar-refractivity contribution in [2.24, 2.45) is 0 Å². The average molecular weight is 116 g/mol. The molecule has 0 radical (unpaired) electrons. The van der Waals surface area contributed by atoms with Crippen molar-refractivity contribution in [3.05, 3.63) is 0 Å². The van der Waals surface area contributed by atoms with Crippen LogP contribution in [0.2, 0.25) is 0 Å². The zero-order valence-corrected chi connectivity index (χ0v) is 4.60. The Morgan fingerprint density at radius 2 is 2.62 bits per heavy atom. The van der Waals surface area contributed by atoms with Crippen LogP contribution in [0.1, 0.15) is 0 Å². The summed E-state index contributed by atoms with van der Waals surface area (Å²) >= 11 is 0. The van der Waals surface area contributed by atoms with Gasteiger partial charge in [0.15, 0.2) is 0 Å². The van der Waals surface area contributed by atoms with Gasteiger partial charge in [-0.05, 0) is 0 Å². The van der Waals surface area contributed by atoms with Gasteiger partial charge in [-0.1, -0.05) is 0 Å². The minimum atomic E-state index is -0.229. The standard InChI is InChI=1S/C4H8N2O2/c1-5-8-4(7)3-2-6-3/h3,5-6H,2H2,1H3. The van der Waals surface area contributed by atoms with Gasteiger partial charge < -0.3 is 10.2 Å². The van der Waals surface area contributed by atoms with Crippen molar-refractivity contribution >= 4 is 5.97 Å². The second-order valence-corrected chi connectivity index (χ2v) is 1.59. The lowest BCUT2D eigenvalue weighted by atomic mass is 10.5. The van der Waals surface area contributed by atoms with Gasteiger partial charge in [0, 0.05) is 13.6 Å². The van der Waals surface area contributed by atoms with Crippen LogP contribution in [0.3, 0.4) is 0 Å². The van der Waals surface area contributed by atoms with Crippen LogP contribution in [-0.4, -0.2) is 25.6 Å². The molecule has 0 bridgehead atoms. The van der Waals surface area contributed by atoms with Crippen molar-refractivity contribution in [3.63, 3.8) is 0 Å². The molecule has 0 aromatic carbocycles. The third-order valence-electron chi connectivity index (χ3n) is 0.895. The summed E-state index contributed by atoms with van der Waals surface area (Å²) in [6.45, 7) is 0.751. The molecule has 0 amide bonds. The molecule has 0 saturated carbocycles. The minimum Gasteiger partial charge on any atom is -0.369 e. The van der Waals surface area contributed by atoms with E-state index in [0.29, 0.717) is 0 Å². The summed E-state index contributed by atoms with van der Waals surface area (Å²) < 4.78 is 0. The highest BCUT2D eigenvalue weighted by Gasteiger charge is 2.30. The van der Waals surface area contributed by atoms with Crippen LogP contribution in [0.15, 0.2) is 0 Å². The molecule has 1 heterocycles. The van der Waals surface area contributed by atoms with E-state index in [1.165, 1.54) is 0 Å². The van der Waals surface area contributed by atoms with Gasteiger partial charge in [-0.2, -0.15) is 5.48 Å². The monoisotopic (exact) mass is 116 g/mol. The fourth-order valence-corrected chi connectivity index (χ4v) is 0.397. The Morgan fingerprint density at radius 3 is 3.00 bits per heavy atom. The summed E-state index contributed by atoms with van der Waals surface area (Å²) in [6.07, 6.45) is 0. The van der Waals surface area contributed by atoms with Crippen LogP contribution < -0.4 is 10.8 Å². The van der Waals surface area contributed by atoms with E-state index in [9.17, 15) is 4.79 Å². The molecular weight excluding hydrogens is 108 g/mol. The maximum absolute atomic E-state index is 10.5. The van der Waals surface area contributed by atoms with Crippen molar-refractivity contribution in [2.75, 3.05) is 13.6 Å². The molecule has 8 heavy (non-hydrogen) atoms. The van der Waals surface area contributed by atoms with Crippen molar-refractivity contribution in [1.29, 1.82) is 0 Å². The summed E-state index contributed by atoms with van der Waals surface area (Å²) in [4.78, 5) is 14.9. The molecule has 4 nitrogen and oxygen atoms in total. The van der Waals surface area contributed by atoms with Crippen LogP contribution in [0.4, 0.5) is 0 Å². The number of carbonyl (C=O) groups excluding carboxylic acids is 1. The number of carbonyl (C=O) groups is 1. The van der Waals surface area contributed by atoms with Gasteiger partial charge in [-0.15, -0.1) is 0 Å². The second-order valence-electron chi connectivity index (χ2n) is 1.59. The summed E-state index contributed by atoms with van der Waals surface area (Å²) in [6, 6.07) is -0.0533. The maximum atomic E-state index is 10.5. The van der Waals surface area contributed by atoms with E-state index in [1.807, 2.05) is 0 Å². The molecule has 1 atom stereocenters. The third-order valence-corrected chi connectivity index (χ3v) is 0.895. The molecule has 1 aliphatic heterocycles. The van der Waals surface area contributed by atoms with Crippen LogP contribution in [0.25, 0.3) is 0 Å². The van der Waals surface area contributed by atoms with Crippen LogP contribution in [-0.2, 0) is 9.63 Å². The molecule has 0 aromatic heterocycles. The molecule has 1 unspecified atom stereocenters. The Labute approximate surface area is 47.2 Å². The van der Waals surface area contributed by atoms with E-state index in [2.05, 4.69) is 15.6 Å². The third kappa shape index (κ3) is 1.18. The van der Waals surface area contributed by atoms with Gasteiger partial charge in [0.1, 0.15) is 6.04 Å². The van der Waals surface area contributed by atoms with E-state index in [4.69, 9.17) is 0 Å². The molecule has 0 aromatic rings. The molecule has 0 spiro atoms. The Morgan fingerprint density at radius 1 is 2.00 bits per heavy atom. The quantitative estimate of drug-likeness (QED) is 0.345. The smallest absolute Gasteiger partial charge is 0.343 e. The Balaban J connectivity index is 2.13. The molecule has 4 heteroatoms. The lowest BCUT2D eigenvalue weighted by Gasteiger charge is -1.95. The summed E-state index contributed by atoms with van der Waals surface area (Å²) in [5.41, 5.74) is 2.30. The molecule has 46 valence electrons. The van der Waals surface area contributed by atoms with Crippen molar-refractivity contribution in [3.8, 4) is 0 Å². The topological polar surface area (TPSA) is 60.3 Å². The number of hydrogen-bond acceptors (Lipinski definition) is 4. The molecule has 0 aliphatic carbocycles. The highest BCUT2D eigenvalue weighted by molar-refractivity contribution is 5.78. The first-order chi connectivity index (χ1) is 3.84. The molecule has 1 fully saturated rings. The van der Waals surface area contributed by atoms with E-state index in [1.54, 1.807) is 7.05 Å². The normalized spacial score (nSPS) is 24.9. The predicted molar refractivity (Wildman–Crippen MR) is 26.9 cm³/mol. The van der Waals surface area contributed by atoms with E-state index < -0.39 is 0 Å². The van der Waals surface area contributed by atoms with Crippen molar-refractivity contribution < 1.29 is 9.63 Å². The first-order valence-corrected chi connectivity index (χ1v) is 2.45. The zero-order valence-electron chi connectivity index (χ0n) is 4.60. The molecule has 2 N–H and O–H groups in total. The van der Waals surface area contributed by atoms with Crippen LogP contribution in [0, 0.1) is 0 Å². The highest BCUT2D eigenvalue weighted by Crippen LogP contribution is 1.96. The first kappa shape index (κ1) is 5.53. The van der Waals surface area contributed by atoms with Gasteiger partial charge in [0.05, 0.1) is 0 Å².